The lowest BCUT2D eigenvalue weighted by molar-refractivity contribution is 0.0998. The summed E-state index contributed by atoms with van der Waals surface area (Å²) >= 11 is 7.31. The zero-order chi connectivity index (χ0) is 22.3. The van der Waals surface area contributed by atoms with Gasteiger partial charge in [0.1, 0.15) is 22.6 Å². The third-order valence-corrected chi connectivity index (χ3v) is 5.40. The van der Waals surface area contributed by atoms with Crippen LogP contribution in [0.3, 0.4) is 0 Å². The number of amides is 1. The van der Waals surface area contributed by atoms with Crippen LogP contribution in [0.1, 0.15) is 40.1 Å². The van der Waals surface area contributed by atoms with Gasteiger partial charge in [-0.25, -0.2) is 4.39 Å². The molecule has 30 heavy (non-hydrogen) atoms. The standard InChI is InChI=1S/C22H23ClFN3O2S/c1-13(2)8-9-15(24)12-27-18(11-25)20-10-19(21(30-20)22(26)28)29-14(3)16-6-4-5-7-17(16)23/h4-12,14,27H,1,25H2,2-3H3,(H2,26,28)/b9-8-,15-12+,18-11-. The number of rotatable bonds is 9. The molecule has 1 heterocycles. The molecule has 2 rings (SSSR count). The molecule has 1 amide bonds. The van der Waals surface area contributed by atoms with Crippen LogP contribution in [0.5, 0.6) is 5.75 Å². The number of carbonyl (C=O) groups is 1. The highest BCUT2D eigenvalue weighted by atomic mass is 35.5. The van der Waals surface area contributed by atoms with E-state index < -0.39 is 17.8 Å². The van der Waals surface area contributed by atoms with E-state index in [1.54, 1.807) is 19.1 Å². The number of nitrogens with two attached hydrogens (primary N) is 2. The van der Waals surface area contributed by atoms with Crippen molar-refractivity contribution in [2.45, 2.75) is 20.0 Å². The van der Waals surface area contributed by atoms with Crippen molar-refractivity contribution in [3.8, 4) is 5.75 Å². The van der Waals surface area contributed by atoms with Gasteiger partial charge < -0.3 is 21.5 Å². The van der Waals surface area contributed by atoms with Crippen LogP contribution >= 0.6 is 22.9 Å². The number of hydrogen-bond acceptors (Lipinski definition) is 5. The molecular weight excluding hydrogens is 425 g/mol. The maximum Gasteiger partial charge on any atom is 0.262 e. The topological polar surface area (TPSA) is 90.4 Å². The van der Waals surface area contributed by atoms with Gasteiger partial charge in [-0.05, 0) is 26.0 Å². The Balaban J connectivity index is 2.27. The van der Waals surface area contributed by atoms with E-state index in [0.717, 1.165) is 23.1 Å². The van der Waals surface area contributed by atoms with Crippen LogP contribution in [0.25, 0.3) is 5.70 Å². The van der Waals surface area contributed by atoms with E-state index >= 15 is 0 Å². The summed E-state index contributed by atoms with van der Waals surface area (Å²) in [6, 6.07) is 8.88. The number of nitrogens with one attached hydrogen (secondary N) is 1. The molecule has 0 spiro atoms. The van der Waals surface area contributed by atoms with Crippen molar-refractivity contribution in [2.75, 3.05) is 0 Å². The Morgan fingerprint density at radius 1 is 1.37 bits per heavy atom. The summed E-state index contributed by atoms with van der Waals surface area (Å²) in [6.07, 6.45) is 4.80. The second-order valence-corrected chi connectivity index (χ2v) is 7.84. The normalized spacial score (nSPS) is 13.3. The van der Waals surface area contributed by atoms with Crippen LogP contribution in [-0.4, -0.2) is 5.91 Å². The van der Waals surface area contributed by atoms with Crippen molar-refractivity contribution >= 4 is 34.5 Å². The van der Waals surface area contributed by atoms with E-state index in [0.29, 0.717) is 26.9 Å². The molecule has 0 saturated heterocycles. The molecule has 5 nitrogen and oxygen atoms in total. The molecule has 1 unspecified atom stereocenters. The average Bonchev–Trinajstić information content (AvgIpc) is 3.11. The first-order valence-electron chi connectivity index (χ1n) is 8.95. The molecule has 8 heteroatoms. The Labute approximate surface area is 184 Å². The number of ether oxygens (including phenoxy) is 1. The fraction of sp³-hybridized carbons (Fsp3) is 0.136. The summed E-state index contributed by atoms with van der Waals surface area (Å²) in [5.41, 5.74) is 13.1. The Morgan fingerprint density at radius 3 is 2.67 bits per heavy atom. The van der Waals surface area contributed by atoms with Gasteiger partial charge in [0, 0.05) is 29.1 Å². The minimum absolute atomic E-state index is 0.219. The Hall–Kier alpha value is -3.03. The molecule has 1 aromatic carbocycles. The lowest BCUT2D eigenvalue weighted by Crippen LogP contribution is -2.12. The third-order valence-electron chi connectivity index (χ3n) is 3.89. The summed E-state index contributed by atoms with van der Waals surface area (Å²) in [5, 5.41) is 3.33. The van der Waals surface area contributed by atoms with Gasteiger partial charge in [0.25, 0.3) is 5.91 Å². The zero-order valence-corrected chi connectivity index (χ0v) is 18.2. The van der Waals surface area contributed by atoms with Crippen LogP contribution in [0, 0.1) is 0 Å². The molecule has 5 N–H and O–H groups in total. The minimum atomic E-state index is -0.643. The summed E-state index contributed by atoms with van der Waals surface area (Å²) in [5.74, 6) is -0.870. The van der Waals surface area contributed by atoms with Gasteiger partial charge in [0.2, 0.25) is 0 Å². The second-order valence-electron chi connectivity index (χ2n) is 6.38. The molecule has 1 atom stereocenters. The van der Waals surface area contributed by atoms with E-state index in [9.17, 15) is 9.18 Å². The number of hydrogen-bond donors (Lipinski definition) is 3. The Bertz CT molecular complexity index is 1030. The van der Waals surface area contributed by atoms with Gasteiger partial charge in [0.15, 0.2) is 0 Å². The molecule has 0 aliphatic carbocycles. The summed E-state index contributed by atoms with van der Waals surface area (Å²) < 4.78 is 19.8. The first kappa shape index (κ1) is 23.3. The largest absolute Gasteiger partial charge is 0.484 e. The average molecular weight is 448 g/mol. The van der Waals surface area contributed by atoms with Crippen LogP contribution in [-0.2, 0) is 0 Å². The highest BCUT2D eigenvalue weighted by Crippen LogP contribution is 2.36. The molecule has 1 aromatic heterocycles. The summed E-state index contributed by atoms with van der Waals surface area (Å²) in [4.78, 5) is 12.7. The second kappa shape index (κ2) is 10.7. The Morgan fingerprint density at radius 2 is 2.07 bits per heavy atom. The van der Waals surface area contributed by atoms with E-state index in [1.807, 2.05) is 25.1 Å². The van der Waals surface area contributed by atoms with Crippen LogP contribution < -0.4 is 21.5 Å². The molecular formula is C22H23ClFN3O2S. The van der Waals surface area contributed by atoms with Crippen molar-refractivity contribution in [2.24, 2.45) is 11.5 Å². The van der Waals surface area contributed by atoms with Gasteiger partial charge in [-0.2, -0.15) is 0 Å². The highest BCUT2D eigenvalue weighted by molar-refractivity contribution is 7.15. The molecule has 0 radical (unpaired) electrons. The number of halogens is 2. The predicted molar refractivity (Wildman–Crippen MR) is 122 cm³/mol. The van der Waals surface area contributed by atoms with Crippen molar-refractivity contribution in [3.05, 3.63) is 93.2 Å². The highest BCUT2D eigenvalue weighted by Gasteiger charge is 2.20. The number of carbonyl (C=O) groups excluding carboxylic acids is 1. The third kappa shape index (κ3) is 6.23. The van der Waals surface area contributed by atoms with Gasteiger partial charge in [0.05, 0.1) is 10.6 Å². The molecule has 2 aromatic rings. The molecule has 158 valence electrons. The van der Waals surface area contributed by atoms with Crippen LogP contribution in [0.15, 0.2) is 72.9 Å². The number of primary amides is 1. The van der Waals surface area contributed by atoms with Crippen molar-refractivity contribution in [1.82, 2.24) is 5.32 Å². The van der Waals surface area contributed by atoms with Crippen LogP contribution in [0.2, 0.25) is 5.02 Å². The molecule has 0 aliphatic heterocycles. The predicted octanol–water partition coefficient (Wildman–Crippen LogP) is 5.43. The lowest BCUT2D eigenvalue weighted by atomic mass is 10.1. The molecule has 0 fully saturated rings. The van der Waals surface area contributed by atoms with Crippen molar-refractivity contribution in [1.29, 1.82) is 0 Å². The molecule has 0 bridgehead atoms. The quantitative estimate of drug-likeness (QED) is 0.447. The van der Waals surface area contributed by atoms with Crippen LogP contribution in [0.4, 0.5) is 4.39 Å². The minimum Gasteiger partial charge on any atom is -0.484 e. The molecule has 0 saturated carbocycles. The maximum absolute atomic E-state index is 13.9. The first-order valence-corrected chi connectivity index (χ1v) is 10.1. The monoisotopic (exact) mass is 447 g/mol. The number of allylic oxidation sites excluding steroid dienone is 4. The maximum atomic E-state index is 13.9. The van der Waals surface area contributed by atoms with E-state index in [-0.39, 0.29) is 4.88 Å². The van der Waals surface area contributed by atoms with Gasteiger partial charge >= 0.3 is 0 Å². The smallest absolute Gasteiger partial charge is 0.262 e. The SMILES string of the molecule is C=C(C)/C=C\C(F)=C/N/C(=C\N)c1cc(OC(C)c2ccccc2Cl)c(C(N)=O)s1. The number of benzene rings is 1. The number of thiophene rings is 1. The van der Waals surface area contributed by atoms with E-state index in [2.05, 4.69) is 11.9 Å². The summed E-state index contributed by atoms with van der Waals surface area (Å²) in [7, 11) is 0. The van der Waals surface area contributed by atoms with Gasteiger partial charge in [-0.1, -0.05) is 48.0 Å². The fourth-order valence-electron chi connectivity index (χ4n) is 2.44. The molecule has 0 aliphatic rings. The Kier molecular flexibility index (Phi) is 8.26. The first-order chi connectivity index (χ1) is 14.2. The van der Waals surface area contributed by atoms with Crippen molar-refractivity contribution < 1.29 is 13.9 Å². The summed E-state index contributed by atoms with van der Waals surface area (Å²) in [6.45, 7) is 7.24. The van der Waals surface area contributed by atoms with Gasteiger partial charge in [-0.3, -0.25) is 4.79 Å². The van der Waals surface area contributed by atoms with Crippen molar-refractivity contribution in [3.63, 3.8) is 0 Å². The lowest BCUT2D eigenvalue weighted by Gasteiger charge is -2.16. The fourth-order valence-corrected chi connectivity index (χ4v) is 3.66. The van der Waals surface area contributed by atoms with Gasteiger partial charge in [-0.15, -0.1) is 11.3 Å². The van der Waals surface area contributed by atoms with E-state index in [4.69, 9.17) is 27.8 Å². The zero-order valence-electron chi connectivity index (χ0n) is 16.6. The van der Waals surface area contributed by atoms with E-state index in [1.165, 1.54) is 18.4 Å².